The third-order valence-corrected chi connectivity index (χ3v) is 2.64. The molecule has 0 bridgehead atoms. The first-order chi connectivity index (χ1) is 5.77. The molecular weight excluding hydrogens is 168 g/mol. The van der Waals surface area contributed by atoms with Gasteiger partial charge in [-0.2, -0.15) is 0 Å². The Balaban J connectivity index is 2.86. The van der Waals surface area contributed by atoms with E-state index in [1.165, 1.54) is 11.1 Å². The molecule has 0 nitrogen and oxygen atoms in total. The third kappa shape index (κ3) is 2.25. The van der Waals surface area contributed by atoms with Crippen LogP contribution in [-0.4, -0.2) is 0 Å². The summed E-state index contributed by atoms with van der Waals surface area (Å²) in [5, 5.41) is 0.177. The molecule has 0 aliphatic rings. The number of aryl methyl sites for hydroxylation is 1. The van der Waals surface area contributed by atoms with Gasteiger partial charge in [0.2, 0.25) is 0 Å². The van der Waals surface area contributed by atoms with Gasteiger partial charge in [-0.15, -0.1) is 11.6 Å². The lowest BCUT2D eigenvalue weighted by molar-refractivity contribution is 0.880. The topological polar surface area (TPSA) is 0 Å². The predicted octanol–water partition coefficient (Wildman–Crippen LogP) is 3.94. The van der Waals surface area contributed by atoms with E-state index in [2.05, 4.69) is 38.1 Å². The summed E-state index contributed by atoms with van der Waals surface area (Å²) in [7, 11) is 0. The van der Waals surface area contributed by atoms with Crippen molar-refractivity contribution in [2.24, 2.45) is 0 Å². The molecule has 66 valence electrons. The molecule has 1 heteroatoms. The smallest absolute Gasteiger partial charge is 0.0582 e. The van der Waals surface area contributed by atoms with E-state index >= 15 is 0 Å². The summed E-state index contributed by atoms with van der Waals surface area (Å²) in [4.78, 5) is 0. The van der Waals surface area contributed by atoms with Crippen molar-refractivity contribution < 1.29 is 0 Å². The Morgan fingerprint density at radius 3 is 2.67 bits per heavy atom. The zero-order chi connectivity index (χ0) is 8.97. The molecule has 0 amide bonds. The summed E-state index contributed by atoms with van der Waals surface area (Å²) < 4.78 is 0. The molecule has 0 heterocycles. The van der Waals surface area contributed by atoms with Crippen LogP contribution < -0.4 is 0 Å². The number of benzene rings is 1. The first-order valence-corrected chi connectivity index (χ1v) is 4.94. The van der Waals surface area contributed by atoms with Crippen LogP contribution >= 0.6 is 11.6 Å². The summed E-state index contributed by atoms with van der Waals surface area (Å²) in [6.45, 7) is 4.27. The number of halogens is 1. The maximum absolute atomic E-state index is 6.12. The number of alkyl halides is 1. The summed E-state index contributed by atoms with van der Waals surface area (Å²) in [5.41, 5.74) is 2.62. The molecule has 1 unspecified atom stereocenters. The SMILES string of the molecule is CCc1cccc(C(Cl)CC)c1. The van der Waals surface area contributed by atoms with E-state index in [0.29, 0.717) is 0 Å². The van der Waals surface area contributed by atoms with Crippen LogP contribution in [-0.2, 0) is 6.42 Å². The van der Waals surface area contributed by atoms with Crippen molar-refractivity contribution in [1.29, 1.82) is 0 Å². The average Bonchev–Trinajstić information content (AvgIpc) is 2.17. The van der Waals surface area contributed by atoms with Crippen LogP contribution in [0, 0.1) is 0 Å². The molecule has 0 aliphatic carbocycles. The normalized spacial score (nSPS) is 12.9. The van der Waals surface area contributed by atoms with Crippen LogP contribution in [0.5, 0.6) is 0 Å². The summed E-state index contributed by atoms with van der Waals surface area (Å²) >= 11 is 6.12. The number of hydrogen-bond donors (Lipinski definition) is 0. The van der Waals surface area contributed by atoms with Crippen LogP contribution in [0.4, 0.5) is 0 Å². The van der Waals surface area contributed by atoms with Crippen molar-refractivity contribution in [1.82, 2.24) is 0 Å². The van der Waals surface area contributed by atoms with Gasteiger partial charge in [-0.3, -0.25) is 0 Å². The predicted molar refractivity (Wildman–Crippen MR) is 54.7 cm³/mol. The standard InChI is InChI=1S/C11H15Cl/c1-3-9-6-5-7-10(8-9)11(12)4-2/h5-8,11H,3-4H2,1-2H3. The Kier molecular flexibility index (Phi) is 3.61. The average molecular weight is 183 g/mol. The van der Waals surface area contributed by atoms with Gasteiger partial charge < -0.3 is 0 Å². The molecule has 12 heavy (non-hydrogen) atoms. The van der Waals surface area contributed by atoms with Crippen molar-refractivity contribution >= 4 is 11.6 Å². The second-order valence-electron chi connectivity index (χ2n) is 2.97. The van der Waals surface area contributed by atoms with Gasteiger partial charge in [0.25, 0.3) is 0 Å². The van der Waals surface area contributed by atoms with Crippen molar-refractivity contribution in [2.45, 2.75) is 32.1 Å². The molecule has 0 aromatic heterocycles. The van der Waals surface area contributed by atoms with Crippen molar-refractivity contribution in [3.63, 3.8) is 0 Å². The Bertz CT molecular complexity index is 243. The molecule has 0 radical (unpaired) electrons. The second-order valence-corrected chi connectivity index (χ2v) is 3.50. The van der Waals surface area contributed by atoms with Gasteiger partial charge in [0.05, 0.1) is 5.38 Å². The molecule has 1 aromatic rings. The largest absolute Gasteiger partial charge is 0.118 e. The lowest BCUT2D eigenvalue weighted by Gasteiger charge is -2.07. The zero-order valence-corrected chi connectivity index (χ0v) is 8.43. The highest BCUT2D eigenvalue weighted by atomic mass is 35.5. The zero-order valence-electron chi connectivity index (χ0n) is 7.68. The van der Waals surface area contributed by atoms with Gasteiger partial charge >= 0.3 is 0 Å². The van der Waals surface area contributed by atoms with E-state index in [4.69, 9.17) is 11.6 Å². The van der Waals surface area contributed by atoms with Gasteiger partial charge in [-0.25, -0.2) is 0 Å². The Hall–Kier alpha value is -0.490. The minimum Gasteiger partial charge on any atom is -0.118 e. The highest BCUT2D eigenvalue weighted by Gasteiger charge is 2.04. The lowest BCUT2D eigenvalue weighted by atomic mass is 10.1. The van der Waals surface area contributed by atoms with Crippen LogP contribution in [0.15, 0.2) is 24.3 Å². The third-order valence-electron chi connectivity index (χ3n) is 2.08. The monoisotopic (exact) mass is 182 g/mol. The van der Waals surface area contributed by atoms with Crippen LogP contribution in [0.3, 0.4) is 0 Å². The van der Waals surface area contributed by atoms with Gasteiger partial charge in [0.15, 0.2) is 0 Å². The fourth-order valence-corrected chi connectivity index (χ4v) is 1.38. The van der Waals surface area contributed by atoms with Crippen LogP contribution in [0.1, 0.15) is 36.8 Å². The van der Waals surface area contributed by atoms with Crippen molar-refractivity contribution in [2.75, 3.05) is 0 Å². The quantitative estimate of drug-likeness (QED) is 0.622. The second kappa shape index (κ2) is 4.51. The molecular formula is C11H15Cl. The van der Waals surface area contributed by atoms with E-state index < -0.39 is 0 Å². The first kappa shape index (κ1) is 9.60. The summed E-state index contributed by atoms with van der Waals surface area (Å²) in [6.07, 6.45) is 2.08. The molecule has 0 N–H and O–H groups in total. The Morgan fingerprint density at radius 1 is 1.33 bits per heavy atom. The maximum Gasteiger partial charge on any atom is 0.0582 e. The molecule has 0 saturated heterocycles. The van der Waals surface area contributed by atoms with Gasteiger partial charge in [0.1, 0.15) is 0 Å². The van der Waals surface area contributed by atoms with Gasteiger partial charge in [-0.1, -0.05) is 38.1 Å². The Labute approximate surface area is 79.6 Å². The van der Waals surface area contributed by atoms with E-state index in [-0.39, 0.29) is 5.38 Å². The van der Waals surface area contributed by atoms with Crippen molar-refractivity contribution in [3.8, 4) is 0 Å². The van der Waals surface area contributed by atoms with Crippen molar-refractivity contribution in [3.05, 3.63) is 35.4 Å². The molecule has 0 spiro atoms. The first-order valence-electron chi connectivity index (χ1n) is 4.50. The molecule has 0 aliphatic heterocycles. The fourth-order valence-electron chi connectivity index (χ4n) is 1.24. The lowest BCUT2D eigenvalue weighted by Crippen LogP contribution is -1.89. The molecule has 1 aromatic carbocycles. The molecule has 0 fully saturated rings. The summed E-state index contributed by atoms with van der Waals surface area (Å²) in [5.74, 6) is 0. The molecule has 0 saturated carbocycles. The Morgan fingerprint density at radius 2 is 2.08 bits per heavy atom. The highest BCUT2D eigenvalue weighted by molar-refractivity contribution is 6.20. The van der Waals surface area contributed by atoms with E-state index in [1.807, 2.05) is 0 Å². The van der Waals surface area contributed by atoms with E-state index in [9.17, 15) is 0 Å². The van der Waals surface area contributed by atoms with Gasteiger partial charge in [-0.05, 0) is 24.0 Å². The maximum atomic E-state index is 6.12. The number of rotatable bonds is 3. The van der Waals surface area contributed by atoms with Crippen LogP contribution in [0.25, 0.3) is 0 Å². The summed E-state index contributed by atoms with van der Waals surface area (Å²) in [6, 6.07) is 8.52. The number of hydrogen-bond acceptors (Lipinski definition) is 0. The van der Waals surface area contributed by atoms with Gasteiger partial charge in [0, 0.05) is 0 Å². The van der Waals surface area contributed by atoms with E-state index in [0.717, 1.165) is 12.8 Å². The molecule has 1 rings (SSSR count). The fraction of sp³-hybridized carbons (Fsp3) is 0.455. The minimum atomic E-state index is 0.177. The van der Waals surface area contributed by atoms with Crippen LogP contribution in [0.2, 0.25) is 0 Å². The van der Waals surface area contributed by atoms with E-state index in [1.54, 1.807) is 0 Å². The minimum absolute atomic E-state index is 0.177. The molecule has 1 atom stereocenters. The highest BCUT2D eigenvalue weighted by Crippen LogP contribution is 2.24.